The third kappa shape index (κ3) is 1.97. The molecule has 0 radical (unpaired) electrons. The molecule has 0 saturated carbocycles. The summed E-state index contributed by atoms with van der Waals surface area (Å²) in [5.74, 6) is 0. The van der Waals surface area contributed by atoms with Crippen LogP contribution in [0.4, 0.5) is 0 Å². The zero-order valence-electron chi connectivity index (χ0n) is 9.03. The van der Waals surface area contributed by atoms with Crippen molar-refractivity contribution >= 4 is 11.3 Å². The van der Waals surface area contributed by atoms with E-state index in [0.717, 1.165) is 25.3 Å². The Morgan fingerprint density at radius 1 is 1.43 bits per heavy atom. The van der Waals surface area contributed by atoms with Crippen molar-refractivity contribution in [3.8, 4) is 0 Å². The minimum Gasteiger partial charge on any atom is -0.303 e. The zero-order chi connectivity index (χ0) is 10.1. The van der Waals surface area contributed by atoms with Crippen LogP contribution in [0.1, 0.15) is 16.7 Å². The Morgan fingerprint density at radius 3 is 2.86 bits per heavy atom. The van der Waals surface area contributed by atoms with Crippen LogP contribution in [0.2, 0.25) is 0 Å². The first-order valence-electron chi connectivity index (χ1n) is 4.97. The molecule has 78 valence electrons. The van der Waals surface area contributed by atoms with Crippen molar-refractivity contribution < 1.29 is 0 Å². The highest BCUT2D eigenvalue weighted by atomic mass is 32.1. The molecule has 1 aliphatic rings. The summed E-state index contributed by atoms with van der Waals surface area (Å²) in [5, 5.41) is 3.40. The number of hydrogen-bond donors (Lipinski definition) is 0. The lowest BCUT2D eigenvalue weighted by Crippen LogP contribution is -2.44. The number of piperazine rings is 1. The number of likely N-dealkylation sites (N-methyl/N-ethyl adjacent to an activating group) is 2. The van der Waals surface area contributed by atoms with E-state index in [0.29, 0.717) is 6.04 Å². The molecule has 0 spiro atoms. The first-order chi connectivity index (χ1) is 6.66. The van der Waals surface area contributed by atoms with Gasteiger partial charge in [-0.3, -0.25) is 4.90 Å². The average Bonchev–Trinajstić information content (AvgIpc) is 2.56. The summed E-state index contributed by atoms with van der Waals surface area (Å²) < 4.78 is 0. The van der Waals surface area contributed by atoms with Crippen LogP contribution in [-0.4, -0.2) is 48.5 Å². The Kier molecular flexibility index (Phi) is 2.85. The van der Waals surface area contributed by atoms with Gasteiger partial charge in [0.15, 0.2) is 0 Å². The Labute approximate surface area is 89.4 Å². The highest BCUT2D eigenvalue weighted by Gasteiger charge is 2.25. The third-order valence-corrected chi connectivity index (χ3v) is 3.84. The fraction of sp³-hybridized carbons (Fsp3) is 0.700. The van der Waals surface area contributed by atoms with Gasteiger partial charge in [-0.25, -0.2) is 4.98 Å². The molecule has 0 aliphatic carbocycles. The van der Waals surface area contributed by atoms with E-state index < -0.39 is 0 Å². The third-order valence-electron chi connectivity index (χ3n) is 2.77. The fourth-order valence-corrected chi connectivity index (χ4v) is 2.75. The van der Waals surface area contributed by atoms with E-state index >= 15 is 0 Å². The Bertz CT molecular complexity index is 310. The molecule has 1 aromatic heterocycles. The van der Waals surface area contributed by atoms with Gasteiger partial charge in [-0.05, 0) is 21.0 Å². The fourth-order valence-electron chi connectivity index (χ4n) is 1.80. The van der Waals surface area contributed by atoms with Gasteiger partial charge in [-0.1, -0.05) is 0 Å². The van der Waals surface area contributed by atoms with E-state index in [-0.39, 0.29) is 0 Å². The van der Waals surface area contributed by atoms with Gasteiger partial charge in [0.05, 0.1) is 6.04 Å². The van der Waals surface area contributed by atoms with Gasteiger partial charge in [0.2, 0.25) is 0 Å². The standard InChI is InChI=1S/C10H17N3S/c1-8-7-14-10(11-8)9-6-12(2)4-5-13(9)3/h7,9H,4-6H2,1-3H3. The molecule has 1 unspecified atom stereocenters. The van der Waals surface area contributed by atoms with Gasteiger partial charge in [-0.15, -0.1) is 11.3 Å². The second-order valence-corrected chi connectivity index (χ2v) is 4.98. The van der Waals surface area contributed by atoms with Crippen LogP contribution in [0.15, 0.2) is 5.38 Å². The van der Waals surface area contributed by atoms with Gasteiger partial charge in [-0.2, -0.15) is 0 Å². The van der Waals surface area contributed by atoms with Gasteiger partial charge in [0.25, 0.3) is 0 Å². The number of hydrogen-bond acceptors (Lipinski definition) is 4. The largest absolute Gasteiger partial charge is 0.303 e. The molecule has 1 atom stereocenters. The number of aryl methyl sites for hydroxylation is 1. The molecule has 2 heterocycles. The Balaban J connectivity index is 2.15. The van der Waals surface area contributed by atoms with E-state index in [1.807, 2.05) is 0 Å². The Hall–Kier alpha value is -0.450. The molecule has 2 rings (SSSR count). The van der Waals surface area contributed by atoms with Gasteiger partial charge >= 0.3 is 0 Å². The first-order valence-corrected chi connectivity index (χ1v) is 5.85. The molecule has 14 heavy (non-hydrogen) atoms. The number of nitrogens with zero attached hydrogens (tertiary/aromatic N) is 3. The molecule has 1 saturated heterocycles. The average molecular weight is 211 g/mol. The van der Waals surface area contributed by atoms with Crippen molar-refractivity contribution in [1.82, 2.24) is 14.8 Å². The summed E-state index contributed by atoms with van der Waals surface area (Å²) in [6.45, 7) is 5.47. The van der Waals surface area contributed by atoms with Crippen LogP contribution in [0.3, 0.4) is 0 Å². The lowest BCUT2D eigenvalue weighted by atomic mass is 10.2. The van der Waals surface area contributed by atoms with Gasteiger partial charge in [0.1, 0.15) is 5.01 Å². The molecule has 1 fully saturated rings. The summed E-state index contributed by atoms with van der Waals surface area (Å²) in [6, 6.07) is 0.493. The van der Waals surface area contributed by atoms with Crippen LogP contribution in [0, 0.1) is 6.92 Å². The molecule has 0 aromatic carbocycles. The van der Waals surface area contributed by atoms with Crippen LogP contribution in [0.5, 0.6) is 0 Å². The van der Waals surface area contributed by atoms with Crippen molar-refractivity contribution in [2.75, 3.05) is 33.7 Å². The maximum atomic E-state index is 4.57. The van der Waals surface area contributed by atoms with E-state index in [2.05, 4.69) is 41.2 Å². The number of aromatic nitrogens is 1. The maximum Gasteiger partial charge on any atom is 0.111 e. The van der Waals surface area contributed by atoms with Crippen molar-refractivity contribution in [3.63, 3.8) is 0 Å². The van der Waals surface area contributed by atoms with Crippen molar-refractivity contribution in [1.29, 1.82) is 0 Å². The van der Waals surface area contributed by atoms with Crippen molar-refractivity contribution in [2.24, 2.45) is 0 Å². The van der Waals surface area contributed by atoms with Crippen molar-refractivity contribution in [2.45, 2.75) is 13.0 Å². The van der Waals surface area contributed by atoms with Crippen molar-refractivity contribution in [3.05, 3.63) is 16.1 Å². The lowest BCUT2D eigenvalue weighted by Gasteiger charge is -2.36. The smallest absolute Gasteiger partial charge is 0.111 e. The minimum absolute atomic E-state index is 0.493. The van der Waals surface area contributed by atoms with Crippen LogP contribution >= 0.6 is 11.3 Å². The van der Waals surface area contributed by atoms with E-state index in [9.17, 15) is 0 Å². The summed E-state index contributed by atoms with van der Waals surface area (Å²) in [6.07, 6.45) is 0. The minimum atomic E-state index is 0.493. The van der Waals surface area contributed by atoms with Crippen LogP contribution in [0.25, 0.3) is 0 Å². The van der Waals surface area contributed by atoms with Crippen LogP contribution < -0.4 is 0 Å². The number of thiazole rings is 1. The Morgan fingerprint density at radius 2 is 2.21 bits per heavy atom. The second-order valence-electron chi connectivity index (χ2n) is 4.09. The van der Waals surface area contributed by atoms with Crippen LogP contribution in [-0.2, 0) is 0 Å². The highest BCUT2D eigenvalue weighted by Crippen LogP contribution is 2.25. The topological polar surface area (TPSA) is 19.4 Å². The predicted molar refractivity (Wildman–Crippen MR) is 59.7 cm³/mol. The molecule has 1 aromatic rings. The zero-order valence-corrected chi connectivity index (χ0v) is 9.84. The lowest BCUT2D eigenvalue weighted by molar-refractivity contribution is 0.115. The highest BCUT2D eigenvalue weighted by molar-refractivity contribution is 7.09. The maximum absolute atomic E-state index is 4.57. The molecular formula is C10H17N3S. The van der Waals surface area contributed by atoms with E-state index in [1.54, 1.807) is 11.3 Å². The first kappa shape index (κ1) is 10.1. The summed E-state index contributed by atoms with van der Waals surface area (Å²) in [5.41, 5.74) is 1.15. The number of rotatable bonds is 1. The van der Waals surface area contributed by atoms with E-state index in [4.69, 9.17) is 0 Å². The SMILES string of the molecule is Cc1csc(C2CN(C)CCN2C)n1. The second kappa shape index (κ2) is 3.96. The molecule has 3 nitrogen and oxygen atoms in total. The van der Waals surface area contributed by atoms with Gasteiger partial charge in [0, 0.05) is 30.7 Å². The molecule has 0 bridgehead atoms. The summed E-state index contributed by atoms with van der Waals surface area (Å²) in [4.78, 5) is 9.35. The quantitative estimate of drug-likeness (QED) is 0.699. The molecule has 0 amide bonds. The van der Waals surface area contributed by atoms with E-state index in [1.165, 1.54) is 5.01 Å². The summed E-state index contributed by atoms with van der Waals surface area (Å²) >= 11 is 1.78. The predicted octanol–water partition coefficient (Wildman–Crippen LogP) is 1.37. The molecule has 4 heteroatoms. The molecule has 1 aliphatic heterocycles. The molecule has 0 N–H and O–H groups in total. The van der Waals surface area contributed by atoms with Gasteiger partial charge < -0.3 is 4.90 Å². The molecular weight excluding hydrogens is 194 g/mol. The normalized spacial score (nSPS) is 25.5. The monoisotopic (exact) mass is 211 g/mol. The summed E-state index contributed by atoms with van der Waals surface area (Å²) in [7, 11) is 4.37.